The molecule has 0 radical (unpaired) electrons. The molecule has 0 aromatic heterocycles. The number of halogens is 1. The van der Waals surface area contributed by atoms with Crippen molar-refractivity contribution in [1.29, 1.82) is 0 Å². The predicted octanol–water partition coefficient (Wildman–Crippen LogP) is 4.46. The van der Waals surface area contributed by atoms with E-state index in [4.69, 9.17) is 11.6 Å². The lowest BCUT2D eigenvalue weighted by atomic mass is 9.97. The van der Waals surface area contributed by atoms with E-state index in [0.29, 0.717) is 5.88 Å². The zero-order valence-electron chi connectivity index (χ0n) is 8.54. The summed E-state index contributed by atoms with van der Waals surface area (Å²) in [6.07, 6.45) is 2.67. The van der Waals surface area contributed by atoms with E-state index < -0.39 is 0 Å². The summed E-state index contributed by atoms with van der Waals surface area (Å²) in [5.74, 6) is 1.41. The number of fused-ring (bicyclic) bond motifs is 1. The molecule has 2 aromatic rings. The molecule has 2 aromatic carbocycles. The van der Waals surface area contributed by atoms with Crippen LogP contribution in [-0.4, -0.2) is 0 Å². The summed E-state index contributed by atoms with van der Waals surface area (Å²) in [4.78, 5) is 0. The first-order valence-electron chi connectivity index (χ1n) is 5.46. The van der Waals surface area contributed by atoms with Crippen LogP contribution in [0.5, 0.6) is 0 Å². The van der Waals surface area contributed by atoms with Crippen LogP contribution in [0, 0.1) is 0 Å². The van der Waals surface area contributed by atoms with Gasteiger partial charge in [-0.1, -0.05) is 36.4 Å². The number of hydrogen-bond acceptors (Lipinski definition) is 0. The molecule has 15 heavy (non-hydrogen) atoms. The molecule has 0 bridgehead atoms. The summed E-state index contributed by atoms with van der Waals surface area (Å²) in [5.41, 5.74) is 2.82. The maximum Gasteiger partial charge on any atom is 0.0483 e. The fourth-order valence-corrected chi connectivity index (χ4v) is 2.58. The minimum atomic E-state index is 0.632. The van der Waals surface area contributed by atoms with Gasteiger partial charge >= 0.3 is 0 Å². The largest absolute Gasteiger partial charge is 0.122 e. The third kappa shape index (κ3) is 1.53. The van der Waals surface area contributed by atoms with Gasteiger partial charge in [0.25, 0.3) is 0 Å². The molecule has 0 amide bonds. The fourth-order valence-electron chi connectivity index (χ4n) is 2.28. The highest BCUT2D eigenvalue weighted by molar-refractivity contribution is 6.18. The van der Waals surface area contributed by atoms with Crippen LogP contribution in [0.4, 0.5) is 0 Å². The van der Waals surface area contributed by atoms with E-state index in [1.54, 1.807) is 0 Å². The number of hydrogen-bond donors (Lipinski definition) is 0. The number of rotatable bonds is 2. The molecule has 0 atom stereocenters. The number of alkyl halides is 1. The van der Waals surface area contributed by atoms with Gasteiger partial charge in [0.15, 0.2) is 0 Å². The average Bonchev–Trinajstić information content (AvgIpc) is 3.11. The summed E-state index contributed by atoms with van der Waals surface area (Å²) in [5, 5.41) is 2.63. The van der Waals surface area contributed by atoms with Crippen molar-refractivity contribution in [1.82, 2.24) is 0 Å². The first-order chi connectivity index (χ1) is 7.40. The van der Waals surface area contributed by atoms with Crippen LogP contribution in [0.2, 0.25) is 0 Å². The minimum Gasteiger partial charge on any atom is -0.122 e. The normalized spacial score (nSPS) is 15.8. The Hall–Kier alpha value is -1.01. The Balaban J connectivity index is 2.29. The summed E-state index contributed by atoms with van der Waals surface area (Å²) in [6.45, 7) is 0. The van der Waals surface area contributed by atoms with Crippen LogP contribution in [0.3, 0.4) is 0 Å². The van der Waals surface area contributed by atoms with Gasteiger partial charge in [-0.15, -0.1) is 11.6 Å². The van der Waals surface area contributed by atoms with E-state index in [1.165, 1.54) is 34.7 Å². The molecule has 1 aliphatic carbocycles. The van der Waals surface area contributed by atoms with Crippen LogP contribution in [0.25, 0.3) is 10.8 Å². The summed E-state index contributed by atoms with van der Waals surface area (Å²) in [6, 6.07) is 13.0. The zero-order chi connectivity index (χ0) is 10.3. The SMILES string of the molecule is ClCc1c(C2CC2)ccc2ccccc12. The van der Waals surface area contributed by atoms with Gasteiger partial charge in [-0.3, -0.25) is 0 Å². The van der Waals surface area contributed by atoms with Gasteiger partial charge in [-0.05, 0) is 40.7 Å². The lowest BCUT2D eigenvalue weighted by Gasteiger charge is -2.09. The average molecular weight is 217 g/mol. The third-order valence-electron chi connectivity index (χ3n) is 3.23. The Labute approximate surface area is 94.9 Å². The summed E-state index contributed by atoms with van der Waals surface area (Å²) < 4.78 is 0. The van der Waals surface area contributed by atoms with Crippen molar-refractivity contribution >= 4 is 22.4 Å². The lowest BCUT2D eigenvalue weighted by Crippen LogP contribution is -1.90. The van der Waals surface area contributed by atoms with Crippen LogP contribution < -0.4 is 0 Å². The summed E-state index contributed by atoms with van der Waals surface area (Å²) >= 11 is 6.08. The molecule has 0 nitrogen and oxygen atoms in total. The molecular formula is C14H13Cl. The van der Waals surface area contributed by atoms with Crippen molar-refractivity contribution in [3.8, 4) is 0 Å². The standard InChI is InChI=1S/C14H13Cl/c15-9-14-12-4-2-1-3-10(12)7-8-13(14)11-5-6-11/h1-4,7-8,11H,5-6,9H2. The van der Waals surface area contributed by atoms with E-state index in [9.17, 15) is 0 Å². The number of benzene rings is 2. The molecule has 0 saturated heterocycles. The molecule has 1 fully saturated rings. The van der Waals surface area contributed by atoms with Crippen molar-refractivity contribution in [3.63, 3.8) is 0 Å². The fraction of sp³-hybridized carbons (Fsp3) is 0.286. The van der Waals surface area contributed by atoms with Gasteiger partial charge in [-0.2, -0.15) is 0 Å². The summed E-state index contributed by atoms with van der Waals surface area (Å²) in [7, 11) is 0. The molecule has 1 heteroatoms. The van der Waals surface area contributed by atoms with Crippen molar-refractivity contribution in [2.24, 2.45) is 0 Å². The van der Waals surface area contributed by atoms with Gasteiger partial charge < -0.3 is 0 Å². The lowest BCUT2D eigenvalue weighted by molar-refractivity contribution is 1.10. The maximum absolute atomic E-state index is 6.08. The first kappa shape index (κ1) is 9.23. The highest BCUT2D eigenvalue weighted by atomic mass is 35.5. The Bertz CT molecular complexity index is 498. The Morgan fingerprint density at radius 2 is 1.87 bits per heavy atom. The predicted molar refractivity (Wildman–Crippen MR) is 65.5 cm³/mol. The monoisotopic (exact) mass is 216 g/mol. The molecule has 0 unspecified atom stereocenters. The molecule has 3 rings (SSSR count). The van der Waals surface area contributed by atoms with Gasteiger partial charge in [0.1, 0.15) is 0 Å². The maximum atomic E-state index is 6.08. The molecular weight excluding hydrogens is 204 g/mol. The quantitative estimate of drug-likeness (QED) is 0.651. The minimum absolute atomic E-state index is 0.632. The van der Waals surface area contributed by atoms with Crippen LogP contribution in [0.15, 0.2) is 36.4 Å². The molecule has 0 aliphatic heterocycles. The smallest absolute Gasteiger partial charge is 0.0483 e. The molecule has 0 N–H and O–H groups in total. The Kier molecular flexibility index (Phi) is 2.17. The highest BCUT2D eigenvalue weighted by Gasteiger charge is 2.26. The van der Waals surface area contributed by atoms with E-state index in [-0.39, 0.29) is 0 Å². The van der Waals surface area contributed by atoms with Crippen molar-refractivity contribution in [2.75, 3.05) is 0 Å². The molecule has 76 valence electrons. The third-order valence-corrected chi connectivity index (χ3v) is 3.49. The second-order valence-corrected chi connectivity index (χ2v) is 4.53. The second-order valence-electron chi connectivity index (χ2n) is 4.26. The highest BCUT2D eigenvalue weighted by Crippen LogP contribution is 2.43. The van der Waals surface area contributed by atoms with E-state index in [1.807, 2.05) is 0 Å². The topological polar surface area (TPSA) is 0 Å². The molecule has 1 saturated carbocycles. The van der Waals surface area contributed by atoms with Crippen molar-refractivity contribution < 1.29 is 0 Å². The van der Waals surface area contributed by atoms with Crippen LogP contribution in [0.1, 0.15) is 29.9 Å². The van der Waals surface area contributed by atoms with E-state index in [2.05, 4.69) is 36.4 Å². The molecule has 0 spiro atoms. The van der Waals surface area contributed by atoms with Gasteiger partial charge in [-0.25, -0.2) is 0 Å². The van der Waals surface area contributed by atoms with Crippen molar-refractivity contribution in [2.45, 2.75) is 24.6 Å². The molecule has 1 aliphatic rings. The zero-order valence-corrected chi connectivity index (χ0v) is 9.30. The van der Waals surface area contributed by atoms with Gasteiger partial charge in [0.2, 0.25) is 0 Å². The first-order valence-corrected chi connectivity index (χ1v) is 6.00. The van der Waals surface area contributed by atoms with Crippen molar-refractivity contribution in [3.05, 3.63) is 47.5 Å². The van der Waals surface area contributed by atoms with Crippen LogP contribution >= 0.6 is 11.6 Å². The Morgan fingerprint density at radius 1 is 1.07 bits per heavy atom. The Morgan fingerprint density at radius 3 is 2.60 bits per heavy atom. The van der Waals surface area contributed by atoms with Crippen LogP contribution in [-0.2, 0) is 5.88 Å². The van der Waals surface area contributed by atoms with Gasteiger partial charge in [0, 0.05) is 5.88 Å². The molecule has 0 heterocycles. The van der Waals surface area contributed by atoms with E-state index in [0.717, 1.165) is 5.92 Å². The second kappa shape index (κ2) is 3.53. The van der Waals surface area contributed by atoms with E-state index >= 15 is 0 Å². The van der Waals surface area contributed by atoms with Gasteiger partial charge in [0.05, 0.1) is 0 Å².